The Morgan fingerprint density at radius 1 is 0.739 bits per heavy atom. The third-order valence-corrected chi connectivity index (χ3v) is 7.98. The van der Waals surface area contributed by atoms with Gasteiger partial charge in [-0.25, -0.2) is 0 Å². The van der Waals surface area contributed by atoms with Gasteiger partial charge in [0.2, 0.25) is 0 Å². The maximum absolute atomic E-state index is 7.23. The van der Waals surface area contributed by atoms with Crippen molar-refractivity contribution in [2.75, 3.05) is 0 Å². The number of pyridine rings is 2. The Morgan fingerprint density at radius 2 is 1.54 bits per heavy atom. The molecule has 0 saturated heterocycles. The van der Waals surface area contributed by atoms with E-state index in [0.717, 1.165) is 72.3 Å². The molecule has 0 aliphatic rings. The molecule has 0 unspecified atom stereocenters. The summed E-state index contributed by atoms with van der Waals surface area (Å²) >= 11 is 0. The fourth-order valence-corrected chi connectivity index (χ4v) is 5.56. The average molecular weight is 780 g/mol. The van der Waals surface area contributed by atoms with Crippen LogP contribution in [0.25, 0.3) is 66.7 Å². The third kappa shape index (κ3) is 6.04. The Bertz CT molecular complexity index is 2360. The van der Waals surface area contributed by atoms with Gasteiger partial charge < -0.3 is 18.8 Å². The third-order valence-electron chi connectivity index (χ3n) is 7.98. The molecule has 4 nitrogen and oxygen atoms in total. The van der Waals surface area contributed by atoms with Crippen LogP contribution in [0.1, 0.15) is 40.6 Å². The summed E-state index contributed by atoms with van der Waals surface area (Å²) < 4.78 is 34.4. The first kappa shape index (κ1) is 27.5. The van der Waals surface area contributed by atoms with Crippen LogP contribution in [0.2, 0.25) is 0 Å². The van der Waals surface area contributed by atoms with E-state index in [-0.39, 0.29) is 25.7 Å². The van der Waals surface area contributed by atoms with Gasteiger partial charge in [-0.05, 0) is 54.8 Å². The van der Waals surface area contributed by atoms with Gasteiger partial charge in [-0.15, -0.1) is 54.1 Å². The molecule has 4 aromatic carbocycles. The van der Waals surface area contributed by atoms with Crippen molar-refractivity contribution in [3.63, 3.8) is 0 Å². The SMILES string of the molecule is Cc1c(-c2ccccc2)oc2cc3c(cc12)oc1c(-c2cc(C(C)C)ccn2)[c-]ccc13.[2H]C([2H])([2H])c1ccc(-c2[c-]cccc2)nc1.[Ir]. The average Bonchev–Trinajstić information content (AvgIpc) is 3.64. The van der Waals surface area contributed by atoms with Crippen molar-refractivity contribution in [1.29, 1.82) is 0 Å². The molecule has 229 valence electrons. The van der Waals surface area contributed by atoms with Crippen LogP contribution < -0.4 is 0 Å². The predicted molar refractivity (Wildman–Crippen MR) is 183 cm³/mol. The fourth-order valence-electron chi connectivity index (χ4n) is 5.56. The van der Waals surface area contributed by atoms with Crippen molar-refractivity contribution in [2.45, 2.75) is 33.5 Å². The first-order valence-corrected chi connectivity index (χ1v) is 14.9. The van der Waals surface area contributed by atoms with E-state index in [4.69, 9.17) is 12.9 Å². The van der Waals surface area contributed by atoms with E-state index in [1.807, 2.05) is 48.7 Å². The van der Waals surface area contributed by atoms with Gasteiger partial charge in [0.15, 0.2) is 0 Å². The number of furan rings is 2. The zero-order chi connectivity index (χ0) is 33.4. The zero-order valence-electron chi connectivity index (χ0n) is 28.6. The van der Waals surface area contributed by atoms with Crippen molar-refractivity contribution < 1.29 is 33.1 Å². The van der Waals surface area contributed by atoms with Crippen molar-refractivity contribution in [1.82, 2.24) is 9.97 Å². The van der Waals surface area contributed by atoms with Crippen LogP contribution in [0.4, 0.5) is 0 Å². The van der Waals surface area contributed by atoms with Gasteiger partial charge >= 0.3 is 0 Å². The smallest absolute Gasteiger partial charge is 0.138 e. The van der Waals surface area contributed by atoms with E-state index < -0.39 is 6.85 Å². The fraction of sp³-hybridized carbons (Fsp3) is 0.122. The van der Waals surface area contributed by atoms with E-state index in [0.29, 0.717) is 5.92 Å². The first-order valence-electron chi connectivity index (χ1n) is 16.4. The summed E-state index contributed by atoms with van der Waals surface area (Å²) in [5.74, 6) is 1.33. The van der Waals surface area contributed by atoms with Crippen LogP contribution in [-0.4, -0.2) is 9.97 Å². The summed E-state index contributed by atoms with van der Waals surface area (Å²) in [4.78, 5) is 8.73. The Morgan fingerprint density at radius 3 is 2.28 bits per heavy atom. The molecule has 0 bridgehead atoms. The topological polar surface area (TPSA) is 52.1 Å². The molecule has 4 aromatic heterocycles. The molecule has 5 heteroatoms. The zero-order valence-corrected chi connectivity index (χ0v) is 28.0. The summed E-state index contributed by atoms with van der Waals surface area (Å²) in [6, 6.07) is 39.7. The van der Waals surface area contributed by atoms with E-state index in [2.05, 4.69) is 85.3 Å². The molecule has 0 spiro atoms. The maximum atomic E-state index is 7.23. The monoisotopic (exact) mass is 780 g/mol. The number of aryl methyl sites for hydroxylation is 2. The minimum atomic E-state index is -2.09. The van der Waals surface area contributed by atoms with Crippen LogP contribution in [0.15, 0.2) is 124 Å². The number of rotatable bonds is 4. The van der Waals surface area contributed by atoms with Gasteiger partial charge in [0.1, 0.15) is 16.9 Å². The normalized spacial score (nSPS) is 12.3. The Kier molecular flexibility index (Phi) is 7.92. The first-order chi connectivity index (χ1) is 23.2. The van der Waals surface area contributed by atoms with Crippen LogP contribution in [0, 0.1) is 25.9 Å². The molecule has 0 fully saturated rings. The minimum Gasteiger partial charge on any atom is -0.501 e. The summed E-state index contributed by atoms with van der Waals surface area (Å²) in [7, 11) is 0. The quantitative estimate of drug-likeness (QED) is 0.167. The summed E-state index contributed by atoms with van der Waals surface area (Å²) in [6.07, 6.45) is 3.25. The Hall–Kier alpha value is -4.83. The van der Waals surface area contributed by atoms with E-state index in [1.54, 1.807) is 18.2 Å². The second-order valence-corrected chi connectivity index (χ2v) is 11.3. The van der Waals surface area contributed by atoms with Crippen molar-refractivity contribution >= 4 is 32.9 Å². The second-order valence-electron chi connectivity index (χ2n) is 11.3. The molecule has 0 saturated carbocycles. The van der Waals surface area contributed by atoms with Crippen LogP contribution in [0.3, 0.4) is 0 Å². The van der Waals surface area contributed by atoms with E-state index in [9.17, 15) is 0 Å². The molecule has 0 amide bonds. The Balaban J connectivity index is 0.000000208. The molecular weight excluding hydrogens is 745 g/mol. The molecule has 0 aliphatic carbocycles. The summed E-state index contributed by atoms with van der Waals surface area (Å²) in [6.45, 7) is 4.38. The molecule has 8 rings (SSSR count). The summed E-state index contributed by atoms with van der Waals surface area (Å²) in [5, 5.41) is 3.15. The number of benzene rings is 4. The van der Waals surface area contributed by atoms with Gasteiger partial charge in [-0.3, -0.25) is 0 Å². The summed E-state index contributed by atoms with van der Waals surface area (Å²) in [5.41, 5.74) is 9.58. The molecule has 4 heterocycles. The molecule has 0 aliphatic heterocycles. The number of aromatic nitrogens is 2. The van der Waals surface area contributed by atoms with Gasteiger partial charge in [0.25, 0.3) is 0 Å². The Labute approximate surface area is 286 Å². The largest absolute Gasteiger partial charge is 0.501 e. The van der Waals surface area contributed by atoms with Gasteiger partial charge in [-0.2, -0.15) is 0 Å². The second kappa shape index (κ2) is 13.3. The van der Waals surface area contributed by atoms with Gasteiger partial charge in [0, 0.05) is 58.5 Å². The van der Waals surface area contributed by atoms with Crippen molar-refractivity contribution in [2.24, 2.45) is 0 Å². The number of fused-ring (bicyclic) bond motifs is 4. The predicted octanol–water partition coefficient (Wildman–Crippen LogP) is 11.1. The van der Waals surface area contributed by atoms with Crippen molar-refractivity contribution in [3.05, 3.63) is 144 Å². The number of hydrogen-bond acceptors (Lipinski definition) is 4. The van der Waals surface area contributed by atoms with Gasteiger partial charge in [0.05, 0.1) is 5.58 Å². The number of nitrogens with zero attached hydrogens (tertiary/aromatic N) is 2. The minimum absolute atomic E-state index is 0. The number of hydrogen-bond donors (Lipinski definition) is 0. The molecule has 8 aromatic rings. The van der Waals surface area contributed by atoms with E-state index in [1.165, 1.54) is 11.8 Å². The van der Waals surface area contributed by atoms with Crippen molar-refractivity contribution in [3.8, 4) is 33.8 Å². The molecule has 0 atom stereocenters. The molecule has 0 N–H and O–H groups in total. The molecular formula is C41H32IrN2O2-2. The standard InChI is InChI=1S/C29H22NO2.C12H10N.Ir/c1-17(2)20-12-13-30-25(14-20)22-11-7-10-21-24-16-26-23(15-27(24)32-29(21)22)18(3)28(31-26)19-8-5-4-6-9-19;1-10-7-8-12(13-9-10)11-5-3-2-4-6-11;/h4-10,12-17H,1-3H3;2-5,7-9H,1H3;/q2*-1;/i;1D3;. The van der Waals surface area contributed by atoms with E-state index >= 15 is 0 Å². The molecule has 1 radical (unpaired) electrons. The van der Waals surface area contributed by atoms with Crippen LogP contribution >= 0.6 is 0 Å². The molecule has 46 heavy (non-hydrogen) atoms. The maximum Gasteiger partial charge on any atom is 0.138 e. The van der Waals surface area contributed by atoms with Crippen LogP contribution in [-0.2, 0) is 20.1 Å². The van der Waals surface area contributed by atoms with Gasteiger partial charge in [-0.1, -0.05) is 78.9 Å². The van der Waals surface area contributed by atoms with Crippen LogP contribution in [0.5, 0.6) is 0 Å².